The van der Waals surface area contributed by atoms with Crippen molar-refractivity contribution in [3.63, 3.8) is 0 Å². The van der Waals surface area contributed by atoms with Crippen LogP contribution < -0.4 is 5.56 Å². The number of aromatic nitrogens is 1. The maximum absolute atomic E-state index is 11.2. The second-order valence-corrected chi connectivity index (χ2v) is 5.03. The van der Waals surface area contributed by atoms with Crippen molar-refractivity contribution < 1.29 is 5.11 Å². The van der Waals surface area contributed by atoms with Crippen molar-refractivity contribution in [3.05, 3.63) is 40.2 Å². The van der Waals surface area contributed by atoms with Gasteiger partial charge in [0.1, 0.15) is 0 Å². The molecule has 0 aliphatic rings. The minimum Gasteiger partial charge on any atom is -0.494 e. The van der Waals surface area contributed by atoms with Gasteiger partial charge in [-0.3, -0.25) is 9.78 Å². The highest BCUT2D eigenvalue weighted by molar-refractivity contribution is 5.87. The van der Waals surface area contributed by atoms with Gasteiger partial charge in [0.25, 0.3) is 5.56 Å². The molecule has 0 aliphatic carbocycles. The third-order valence-corrected chi connectivity index (χ3v) is 2.70. The maximum atomic E-state index is 11.2. The molecule has 16 heavy (non-hydrogen) atoms. The Morgan fingerprint density at radius 2 is 1.88 bits per heavy atom. The standard InChI is InChI=1S/C13H15NO2/c1-13(2,3)9-4-5-10-8(6-9)7-11(15)14-12(10)16/h4-7H,1-3H3,(H2,14,15,16). The zero-order chi connectivity index (χ0) is 11.9. The fourth-order valence-corrected chi connectivity index (χ4v) is 1.73. The molecule has 1 aromatic carbocycles. The van der Waals surface area contributed by atoms with Gasteiger partial charge in [-0.15, -0.1) is 0 Å². The Hall–Kier alpha value is -1.77. The van der Waals surface area contributed by atoms with Crippen LogP contribution >= 0.6 is 0 Å². The van der Waals surface area contributed by atoms with E-state index in [9.17, 15) is 9.90 Å². The van der Waals surface area contributed by atoms with Gasteiger partial charge in [0.2, 0.25) is 0 Å². The summed E-state index contributed by atoms with van der Waals surface area (Å²) in [5.74, 6) is -0.0667. The Morgan fingerprint density at radius 1 is 1.19 bits per heavy atom. The predicted octanol–water partition coefficient (Wildman–Crippen LogP) is 2.53. The van der Waals surface area contributed by atoms with Gasteiger partial charge in [0.15, 0.2) is 5.88 Å². The van der Waals surface area contributed by atoms with E-state index in [-0.39, 0.29) is 16.9 Å². The number of nitrogens with one attached hydrogen (secondary N) is 1. The molecule has 0 saturated carbocycles. The maximum Gasteiger partial charge on any atom is 0.251 e. The van der Waals surface area contributed by atoms with Crippen molar-refractivity contribution in [1.82, 2.24) is 4.98 Å². The van der Waals surface area contributed by atoms with Crippen molar-refractivity contribution >= 4 is 10.8 Å². The predicted molar refractivity (Wildman–Crippen MR) is 64.9 cm³/mol. The molecule has 84 valence electrons. The largest absolute Gasteiger partial charge is 0.494 e. The van der Waals surface area contributed by atoms with Gasteiger partial charge in [-0.2, -0.15) is 0 Å². The lowest BCUT2D eigenvalue weighted by molar-refractivity contribution is 0.458. The van der Waals surface area contributed by atoms with Crippen LogP contribution in [-0.2, 0) is 5.41 Å². The van der Waals surface area contributed by atoms with Crippen LogP contribution in [0, 0.1) is 0 Å². The first-order chi connectivity index (χ1) is 7.38. The van der Waals surface area contributed by atoms with E-state index in [1.807, 2.05) is 18.2 Å². The summed E-state index contributed by atoms with van der Waals surface area (Å²) < 4.78 is 0. The van der Waals surface area contributed by atoms with E-state index in [1.165, 1.54) is 6.07 Å². The molecule has 0 spiro atoms. The van der Waals surface area contributed by atoms with Crippen LogP contribution in [0.5, 0.6) is 5.88 Å². The molecule has 0 atom stereocenters. The molecular formula is C13H15NO2. The molecule has 3 nitrogen and oxygen atoms in total. The van der Waals surface area contributed by atoms with E-state index in [0.29, 0.717) is 5.39 Å². The number of hydrogen-bond acceptors (Lipinski definition) is 2. The lowest BCUT2D eigenvalue weighted by Crippen LogP contribution is -2.11. The number of aromatic hydroxyl groups is 1. The van der Waals surface area contributed by atoms with E-state index in [1.54, 1.807) is 0 Å². The van der Waals surface area contributed by atoms with E-state index < -0.39 is 0 Å². The van der Waals surface area contributed by atoms with Gasteiger partial charge in [0.05, 0.1) is 0 Å². The van der Waals surface area contributed by atoms with E-state index in [2.05, 4.69) is 25.8 Å². The van der Waals surface area contributed by atoms with Crippen LogP contribution in [0.2, 0.25) is 0 Å². The van der Waals surface area contributed by atoms with Gasteiger partial charge in [-0.05, 0) is 22.4 Å². The zero-order valence-corrected chi connectivity index (χ0v) is 9.66. The second kappa shape index (κ2) is 3.37. The highest BCUT2D eigenvalue weighted by Crippen LogP contribution is 2.27. The van der Waals surface area contributed by atoms with Crippen LogP contribution in [0.4, 0.5) is 0 Å². The van der Waals surface area contributed by atoms with Crippen LogP contribution in [-0.4, -0.2) is 10.1 Å². The number of fused-ring (bicyclic) bond motifs is 1. The smallest absolute Gasteiger partial charge is 0.251 e. The molecule has 0 saturated heterocycles. The molecule has 2 rings (SSSR count). The summed E-state index contributed by atoms with van der Waals surface area (Å²) >= 11 is 0. The number of rotatable bonds is 0. The third kappa shape index (κ3) is 1.81. The van der Waals surface area contributed by atoms with Crippen LogP contribution in [0.15, 0.2) is 29.1 Å². The van der Waals surface area contributed by atoms with Crippen molar-refractivity contribution in [2.45, 2.75) is 26.2 Å². The number of aromatic amines is 1. The number of pyridine rings is 1. The zero-order valence-electron chi connectivity index (χ0n) is 9.66. The molecule has 0 amide bonds. The molecule has 0 radical (unpaired) electrons. The van der Waals surface area contributed by atoms with Gasteiger partial charge < -0.3 is 5.11 Å². The molecule has 3 heteroatoms. The Kier molecular flexibility index (Phi) is 2.26. The topological polar surface area (TPSA) is 53.1 Å². The molecule has 2 N–H and O–H groups in total. The molecule has 0 bridgehead atoms. The van der Waals surface area contributed by atoms with Crippen LogP contribution in [0.1, 0.15) is 26.3 Å². The number of hydrogen-bond donors (Lipinski definition) is 2. The van der Waals surface area contributed by atoms with Crippen LogP contribution in [0.25, 0.3) is 10.8 Å². The summed E-state index contributed by atoms with van der Waals surface area (Å²) in [5, 5.41) is 11.0. The summed E-state index contributed by atoms with van der Waals surface area (Å²) in [7, 11) is 0. The lowest BCUT2D eigenvalue weighted by Gasteiger charge is -2.19. The highest BCUT2D eigenvalue weighted by Gasteiger charge is 2.14. The molecule has 1 aromatic heterocycles. The normalized spacial score (nSPS) is 11.9. The van der Waals surface area contributed by atoms with Gasteiger partial charge >= 0.3 is 0 Å². The summed E-state index contributed by atoms with van der Waals surface area (Å²) in [6.45, 7) is 6.34. The Labute approximate surface area is 93.7 Å². The number of H-pyrrole nitrogens is 1. The van der Waals surface area contributed by atoms with Crippen molar-refractivity contribution in [3.8, 4) is 5.88 Å². The first-order valence-electron chi connectivity index (χ1n) is 5.24. The molecule has 0 unspecified atom stereocenters. The third-order valence-electron chi connectivity index (χ3n) is 2.70. The molecule has 2 aromatic rings. The SMILES string of the molecule is CC(C)(C)c1ccc2c(O)[nH]c(=O)cc2c1. The quantitative estimate of drug-likeness (QED) is 0.712. The first-order valence-corrected chi connectivity index (χ1v) is 5.24. The molecule has 0 aliphatic heterocycles. The van der Waals surface area contributed by atoms with Crippen molar-refractivity contribution in [1.29, 1.82) is 0 Å². The Bertz CT molecular complexity index is 591. The van der Waals surface area contributed by atoms with Gasteiger partial charge in [-0.1, -0.05) is 32.9 Å². The van der Waals surface area contributed by atoms with E-state index in [0.717, 1.165) is 10.9 Å². The average molecular weight is 217 g/mol. The Morgan fingerprint density at radius 3 is 2.50 bits per heavy atom. The molecular weight excluding hydrogens is 202 g/mol. The highest BCUT2D eigenvalue weighted by atomic mass is 16.3. The van der Waals surface area contributed by atoms with Crippen molar-refractivity contribution in [2.75, 3.05) is 0 Å². The van der Waals surface area contributed by atoms with Gasteiger partial charge in [0, 0.05) is 11.5 Å². The fourth-order valence-electron chi connectivity index (χ4n) is 1.73. The molecule has 0 fully saturated rings. The average Bonchev–Trinajstić information content (AvgIpc) is 2.15. The minimum atomic E-state index is -0.281. The lowest BCUT2D eigenvalue weighted by atomic mass is 9.86. The summed E-state index contributed by atoms with van der Waals surface area (Å²) in [5.41, 5.74) is 0.896. The summed E-state index contributed by atoms with van der Waals surface area (Å²) in [6, 6.07) is 7.26. The van der Waals surface area contributed by atoms with Crippen LogP contribution in [0.3, 0.4) is 0 Å². The monoisotopic (exact) mass is 217 g/mol. The minimum absolute atomic E-state index is 0.0341. The van der Waals surface area contributed by atoms with E-state index >= 15 is 0 Å². The Balaban J connectivity index is 2.76. The second-order valence-electron chi connectivity index (χ2n) is 5.03. The van der Waals surface area contributed by atoms with Gasteiger partial charge in [-0.25, -0.2) is 0 Å². The van der Waals surface area contributed by atoms with Crippen molar-refractivity contribution in [2.24, 2.45) is 0 Å². The first kappa shape index (κ1) is 10.7. The number of benzene rings is 1. The fraction of sp³-hybridized carbons (Fsp3) is 0.308. The molecule has 1 heterocycles. The summed E-state index contributed by atoms with van der Waals surface area (Å²) in [4.78, 5) is 13.6. The van der Waals surface area contributed by atoms with E-state index in [4.69, 9.17) is 0 Å². The summed E-state index contributed by atoms with van der Waals surface area (Å²) in [6.07, 6.45) is 0.